The van der Waals surface area contributed by atoms with Crippen LogP contribution in [0.2, 0.25) is 0 Å². The predicted octanol–water partition coefficient (Wildman–Crippen LogP) is 3.53. The van der Waals surface area contributed by atoms with Crippen LogP contribution in [-0.4, -0.2) is 0 Å². The van der Waals surface area contributed by atoms with Crippen LogP contribution >= 0.6 is 0 Å². The molecule has 0 atom stereocenters. The van der Waals surface area contributed by atoms with Crippen LogP contribution in [0.5, 0.6) is 0 Å². The molecular weight excluding hydrogens is 120 g/mol. The van der Waals surface area contributed by atoms with Crippen molar-refractivity contribution in [3.05, 3.63) is 12.7 Å². The summed E-state index contributed by atoms with van der Waals surface area (Å²) in [5.74, 6) is 0. The van der Waals surface area contributed by atoms with Crippen LogP contribution in [0.25, 0.3) is 0 Å². The minimum Gasteiger partial charge on any atom is -0.103 e. The van der Waals surface area contributed by atoms with E-state index >= 15 is 0 Å². The topological polar surface area (TPSA) is 0 Å². The van der Waals surface area contributed by atoms with Crippen molar-refractivity contribution in [2.45, 2.75) is 45.4 Å². The standard InChI is InChI=1S/C10H18/c1-3-5-7-10(6-4-2)8-9-10/h4H,2-3,5-9H2,1H3. The molecule has 0 saturated heterocycles. The van der Waals surface area contributed by atoms with E-state index in [1.807, 2.05) is 0 Å². The maximum absolute atomic E-state index is 3.79. The molecule has 1 aliphatic rings. The Morgan fingerprint density at radius 1 is 1.50 bits per heavy atom. The quantitative estimate of drug-likeness (QED) is 0.510. The summed E-state index contributed by atoms with van der Waals surface area (Å²) < 4.78 is 0. The van der Waals surface area contributed by atoms with Crippen LogP contribution in [0.4, 0.5) is 0 Å². The fraction of sp³-hybridized carbons (Fsp3) is 0.800. The van der Waals surface area contributed by atoms with Crippen molar-refractivity contribution < 1.29 is 0 Å². The van der Waals surface area contributed by atoms with E-state index in [-0.39, 0.29) is 0 Å². The van der Waals surface area contributed by atoms with Crippen molar-refractivity contribution in [1.29, 1.82) is 0 Å². The van der Waals surface area contributed by atoms with Gasteiger partial charge in [-0.1, -0.05) is 25.8 Å². The Hall–Kier alpha value is -0.260. The smallest absolute Gasteiger partial charge is 0.0263 e. The van der Waals surface area contributed by atoms with Gasteiger partial charge in [-0.2, -0.15) is 0 Å². The van der Waals surface area contributed by atoms with Gasteiger partial charge in [0.1, 0.15) is 0 Å². The highest BCUT2D eigenvalue weighted by atomic mass is 14.4. The number of hydrogen-bond donors (Lipinski definition) is 0. The van der Waals surface area contributed by atoms with Crippen molar-refractivity contribution in [2.24, 2.45) is 5.41 Å². The summed E-state index contributed by atoms with van der Waals surface area (Å²) in [4.78, 5) is 0. The molecule has 0 aliphatic heterocycles. The SMILES string of the molecule is C=CCC1(CCCC)CC1. The van der Waals surface area contributed by atoms with Gasteiger partial charge in [0.25, 0.3) is 0 Å². The Labute approximate surface area is 64.3 Å². The highest BCUT2D eigenvalue weighted by molar-refractivity contribution is 4.97. The predicted molar refractivity (Wildman–Crippen MR) is 46.0 cm³/mol. The molecule has 1 saturated carbocycles. The molecule has 0 heteroatoms. The van der Waals surface area contributed by atoms with Gasteiger partial charge >= 0.3 is 0 Å². The first-order valence-corrected chi connectivity index (χ1v) is 4.44. The Morgan fingerprint density at radius 2 is 2.20 bits per heavy atom. The molecule has 1 rings (SSSR count). The lowest BCUT2D eigenvalue weighted by molar-refractivity contribution is 0.451. The van der Waals surface area contributed by atoms with Crippen molar-refractivity contribution in [3.63, 3.8) is 0 Å². The third-order valence-corrected chi connectivity index (χ3v) is 2.60. The molecule has 58 valence electrons. The van der Waals surface area contributed by atoms with Crippen LogP contribution in [0, 0.1) is 5.41 Å². The van der Waals surface area contributed by atoms with Crippen molar-refractivity contribution in [1.82, 2.24) is 0 Å². The van der Waals surface area contributed by atoms with Crippen LogP contribution in [0.1, 0.15) is 45.4 Å². The van der Waals surface area contributed by atoms with Crippen molar-refractivity contribution >= 4 is 0 Å². The fourth-order valence-corrected chi connectivity index (χ4v) is 1.59. The molecular formula is C10H18. The maximum Gasteiger partial charge on any atom is -0.0263 e. The van der Waals surface area contributed by atoms with Crippen molar-refractivity contribution in [2.75, 3.05) is 0 Å². The zero-order valence-electron chi connectivity index (χ0n) is 7.03. The molecule has 0 aromatic heterocycles. The fourth-order valence-electron chi connectivity index (χ4n) is 1.59. The van der Waals surface area contributed by atoms with E-state index in [1.165, 1.54) is 38.5 Å². The third kappa shape index (κ3) is 1.86. The molecule has 0 spiro atoms. The molecule has 0 heterocycles. The van der Waals surface area contributed by atoms with Crippen LogP contribution in [-0.2, 0) is 0 Å². The lowest BCUT2D eigenvalue weighted by Crippen LogP contribution is -1.97. The van der Waals surface area contributed by atoms with Gasteiger partial charge in [0.2, 0.25) is 0 Å². The average molecular weight is 138 g/mol. The van der Waals surface area contributed by atoms with E-state index in [4.69, 9.17) is 0 Å². The molecule has 10 heavy (non-hydrogen) atoms. The second-order valence-electron chi connectivity index (χ2n) is 3.60. The summed E-state index contributed by atoms with van der Waals surface area (Å²) in [6.45, 7) is 6.06. The van der Waals surface area contributed by atoms with Gasteiger partial charge in [-0.3, -0.25) is 0 Å². The summed E-state index contributed by atoms with van der Waals surface area (Å²) in [6, 6.07) is 0. The number of unbranched alkanes of at least 4 members (excludes halogenated alkanes) is 1. The summed E-state index contributed by atoms with van der Waals surface area (Å²) in [6.07, 6.45) is 10.5. The minimum atomic E-state index is 0.734. The first kappa shape index (κ1) is 7.84. The van der Waals surface area contributed by atoms with E-state index in [0.717, 1.165) is 5.41 Å². The lowest BCUT2D eigenvalue weighted by Gasteiger charge is -2.10. The molecule has 0 nitrogen and oxygen atoms in total. The molecule has 0 N–H and O–H groups in total. The van der Waals surface area contributed by atoms with Gasteiger partial charge in [0, 0.05) is 0 Å². The Kier molecular flexibility index (Phi) is 2.53. The lowest BCUT2D eigenvalue weighted by atomic mass is 9.95. The molecule has 0 radical (unpaired) electrons. The molecule has 1 aliphatic carbocycles. The summed E-state index contributed by atoms with van der Waals surface area (Å²) >= 11 is 0. The number of allylic oxidation sites excluding steroid dienone is 1. The summed E-state index contributed by atoms with van der Waals surface area (Å²) in [5, 5.41) is 0. The third-order valence-electron chi connectivity index (χ3n) is 2.60. The van der Waals surface area contributed by atoms with Crippen LogP contribution < -0.4 is 0 Å². The summed E-state index contributed by atoms with van der Waals surface area (Å²) in [7, 11) is 0. The molecule has 1 fully saturated rings. The molecule has 0 amide bonds. The second-order valence-corrected chi connectivity index (χ2v) is 3.60. The Balaban J connectivity index is 2.16. The highest BCUT2D eigenvalue weighted by Gasteiger charge is 2.39. The first-order chi connectivity index (χ1) is 4.83. The van der Waals surface area contributed by atoms with Gasteiger partial charge in [-0.05, 0) is 31.1 Å². The van der Waals surface area contributed by atoms with Gasteiger partial charge in [-0.25, -0.2) is 0 Å². The zero-order chi connectivity index (χ0) is 7.45. The van der Waals surface area contributed by atoms with E-state index < -0.39 is 0 Å². The van der Waals surface area contributed by atoms with Gasteiger partial charge in [0.05, 0.1) is 0 Å². The van der Waals surface area contributed by atoms with Gasteiger partial charge in [-0.15, -0.1) is 6.58 Å². The largest absolute Gasteiger partial charge is 0.103 e. The van der Waals surface area contributed by atoms with Crippen molar-refractivity contribution in [3.8, 4) is 0 Å². The van der Waals surface area contributed by atoms with Crippen LogP contribution in [0.3, 0.4) is 0 Å². The number of hydrogen-bond acceptors (Lipinski definition) is 0. The average Bonchev–Trinajstić information content (AvgIpc) is 2.67. The first-order valence-electron chi connectivity index (χ1n) is 4.44. The molecule has 0 aromatic rings. The van der Waals surface area contributed by atoms with E-state index in [1.54, 1.807) is 0 Å². The van der Waals surface area contributed by atoms with Gasteiger partial charge in [0.15, 0.2) is 0 Å². The Morgan fingerprint density at radius 3 is 2.60 bits per heavy atom. The second kappa shape index (κ2) is 3.23. The Bertz CT molecular complexity index is 109. The monoisotopic (exact) mass is 138 g/mol. The molecule has 0 unspecified atom stereocenters. The molecule has 0 bridgehead atoms. The maximum atomic E-state index is 3.79. The van der Waals surface area contributed by atoms with Gasteiger partial charge < -0.3 is 0 Å². The van der Waals surface area contributed by atoms with Crippen LogP contribution in [0.15, 0.2) is 12.7 Å². The van der Waals surface area contributed by atoms with E-state index in [2.05, 4.69) is 19.6 Å². The highest BCUT2D eigenvalue weighted by Crippen LogP contribution is 2.52. The zero-order valence-corrected chi connectivity index (χ0v) is 7.03. The minimum absolute atomic E-state index is 0.734. The normalized spacial score (nSPS) is 20.5. The van der Waals surface area contributed by atoms with E-state index in [9.17, 15) is 0 Å². The number of rotatable bonds is 5. The molecule has 0 aromatic carbocycles. The summed E-state index contributed by atoms with van der Waals surface area (Å²) in [5.41, 5.74) is 0.734. The van der Waals surface area contributed by atoms with E-state index in [0.29, 0.717) is 0 Å².